The van der Waals surface area contributed by atoms with Gasteiger partial charge in [-0.05, 0) is 37.8 Å². The van der Waals surface area contributed by atoms with E-state index < -0.39 is 22.8 Å². The molecule has 1 amide bonds. The molecule has 1 N–H and O–H groups in total. The number of fused-ring (bicyclic) bond motifs is 2. The van der Waals surface area contributed by atoms with E-state index in [1.54, 1.807) is 57.9 Å². The normalized spacial score (nSPS) is 28.4. The number of imidazole rings is 1. The Bertz CT molecular complexity index is 1330. The van der Waals surface area contributed by atoms with E-state index >= 15 is 0 Å². The minimum atomic E-state index is -1.95. The number of rotatable bonds is 6. The molecule has 190 valence electrons. The smallest absolute Gasteiger partial charge is 0.256 e. The molecule has 3 aliphatic rings. The van der Waals surface area contributed by atoms with Crippen LogP contribution in [0.4, 0.5) is 5.82 Å². The molecule has 1 aromatic carbocycles. The standard InChI is InChI=1S/C22H24N5O5PS3/c1-22(2)31-16-14(10-29-33(34)35-8-9-36-33)30-21(17(16)32-22)27-12-25-15-18(23-11-24-19(15)27)26-20(28)13-6-4-3-5-7-13/h3-7,11-12,14,16-17,21H,8-10H2,1-2H3,(H,23,24,26,28)/t14-,16-,17-,21-/m1/s1. The summed E-state index contributed by atoms with van der Waals surface area (Å²) in [5.41, 5.74) is 1.49. The van der Waals surface area contributed by atoms with Crippen molar-refractivity contribution in [1.82, 2.24) is 19.5 Å². The first-order valence-electron chi connectivity index (χ1n) is 11.4. The van der Waals surface area contributed by atoms with Crippen LogP contribution in [0.1, 0.15) is 30.4 Å². The number of amides is 1. The molecule has 14 heteroatoms. The predicted molar refractivity (Wildman–Crippen MR) is 143 cm³/mol. The summed E-state index contributed by atoms with van der Waals surface area (Å²) in [7, 11) is 0. The highest BCUT2D eigenvalue weighted by Gasteiger charge is 2.56. The van der Waals surface area contributed by atoms with Gasteiger partial charge in [0.2, 0.25) is 0 Å². The summed E-state index contributed by atoms with van der Waals surface area (Å²) in [6, 6.07) is 8.93. The molecular weight excluding hydrogens is 541 g/mol. The van der Waals surface area contributed by atoms with Gasteiger partial charge in [-0.15, -0.1) is 0 Å². The Labute approximate surface area is 220 Å². The zero-order chi connectivity index (χ0) is 24.9. The van der Waals surface area contributed by atoms with Gasteiger partial charge in [-0.2, -0.15) is 0 Å². The summed E-state index contributed by atoms with van der Waals surface area (Å²) in [6.07, 6.45) is 1.38. The number of nitrogens with zero attached hydrogens (tertiary/aromatic N) is 4. The van der Waals surface area contributed by atoms with Gasteiger partial charge in [0.05, 0.1) is 12.9 Å². The van der Waals surface area contributed by atoms with E-state index in [0.29, 0.717) is 29.2 Å². The first kappa shape index (κ1) is 24.7. The fourth-order valence-corrected chi connectivity index (χ4v) is 13.3. The van der Waals surface area contributed by atoms with Crippen LogP contribution in [0.25, 0.3) is 11.2 Å². The van der Waals surface area contributed by atoms with Gasteiger partial charge in [0.25, 0.3) is 5.91 Å². The van der Waals surface area contributed by atoms with E-state index in [-0.39, 0.29) is 18.1 Å². The van der Waals surface area contributed by atoms with Gasteiger partial charge >= 0.3 is 0 Å². The second-order valence-corrected chi connectivity index (χ2v) is 19.6. The molecule has 0 saturated carbocycles. The number of carbonyl (C=O) groups is 1. The average molecular weight is 566 g/mol. The quantitative estimate of drug-likeness (QED) is 0.434. The van der Waals surface area contributed by atoms with E-state index in [9.17, 15) is 4.79 Å². The highest BCUT2D eigenvalue weighted by Crippen LogP contribution is 2.74. The summed E-state index contributed by atoms with van der Waals surface area (Å²) in [5, 5.41) is 2.83. The van der Waals surface area contributed by atoms with Gasteiger partial charge in [0.15, 0.2) is 33.7 Å². The van der Waals surface area contributed by atoms with Crippen molar-refractivity contribution in [3.63, 3.8) is 0 Å². The predicted octanol–water partition coefficient (Wildman–Crippen LogP) is 4.22. The first-order valence-corrected chi connectivity index (χ1v) is 17.3. The molecule has 0 aliphatic carbocycles. The van der Waals surface area contributed by atoms with E-state index in [1.807, 2.05) is 19.9 Å². The van der Waals surface area contributed by atoms with Gasteiger partial charge in [0.1, 0.15) is 24.6 Å². The molecule has 0 unspecified atom stereocenters. The topological polar surface area (TPSA) is 110 Å². The summed E-state index contributed by atoms with van der Waals surface area (Å²) in [5.74, 6) is 1.29. The molecule has 4 atom stereocenters. The van der Waals surface area contributed by atoms with Crippen LogP contribution in [0.15, 0.2) is 43.0 Å². The Morgan fingerprint density at radius 1 is 1.19 bits per heavy atom. The van der Waals surface area contributed by atoms with Crippen LogP contribution in [-0.4, -0.2) is 67.6 Å². The molecule has 3 saturated heterocycles. The van der Waals surface area contributed by atoms with Crippen LogP contribution in [0.5, 0.6) is 0 Å². The van der Waals surface area contributed by atoms with Crippen LogP contribution in [0.2, 0.25) is 0 Å². The molecule has 10 nitrogen and oxygen atoms in total. The number of benzene rings is 1. The van der Waals surface area contributed by atoms with Crippen molar-refractivity contribution < 1.29 is 23.5 Å². The lowest BCUT2D eigenvalue weighted by atomic mass is 10.1. The highest BCUT2D eigenvalue weighted by molar-refractivity contribution is 9.00. The Kier molecular flexibility index (Phi) is 6.62. The molecule has 0 spiro atoms. The number of nitrogens with one attached hydrogen (secondary N) is 1. The Morgan fingerprint density at radius 2 is 1.94 bits per heavy atom. The van der Waals surface area contributed by atoms with Crippen molar-refractivity contribution in [3.8, 4) is 0 Å². The van der Waals surface area contributed by atoms with Gasteiger partial charge in [0, 0.05) is 17.1 Å². The van der Waals surface area contributed by atoms with Crippen molar-refractivity contribution in [2.45, 2.75) is 44.2 Å². The summed E-state index contributed by atoms with van der Waals surface area (Å²) in [4.78, 5) is 25.9. The van der Waals surface area contributed by atoms with Crippen molar-refractivity contribution in [1.29, 1.82) is 0 Å². The van der Waals surface area contributed by atoms with E-state index in [0.717, 1.165) is 11.5 Å². The maximum Gasteiger partial charge on any atom is 0.256 e. The lowest BCUT2D eigenvalue weighted by Gasteiger charge is -2.25. The lowest BCUT2D eigenvalue weighted by molar-refractivity contribution is -0.198. The molecule has 6 rings (SSSR count). The van der Waals surface area contributed by atoms with Crippen molar-refractivity contribution in [2.75, 3.05) is 23.4 Å². The van der Waals surface area contributed by atoms with Gasteiger partial charge in [-0.1, -0.05) is 41.0 Å². The minimum Gasteiger partial charge on any atom is -0.347 e. The number of anilines is 1. The average Bonchev–Trinajstić information content (AvgIpc) is 3.62. The molecule has 3 fully saturated rings. The zero-order valence-electron chi connectivity index (χ0n) is 19.5. The molecule has 3 aromatic rings. The summed E-state index contributed by atoms with van der Waals surface area (Å²) in [6.45, 7) is 4.10. The fraction of sp³-hybridized carbons (Fsp3) is 0.455. The highest BCUT2D eigenvalue weighted by atomic mass is 33.2. The van der Waals surface area contributed by atoms with Crippen molar-refractivity contribution in [3.05, 3.63) is 48.5 Å². The fourth-order valence-electron chi connectivity index (χ4n) is 4.49. The molecular formula is C22H24N5O5PS3. The number of aromatic nitrogens is 4. The minimum absolute atomic E-state index is 0.280. The molecule has 3 aliphatic heterocycles. The van der Waals surface area contributed by atoms with Crippen molar-refractivity contribution >= 4 is 62.1 Å². The third-order valence-electron chi connectivity index (χ3n) is 6.01. The van der Waals surface area contributed by atoms with Crippen LogP contribution < -0.4 is 5.32 Å². The maximum absolute atomic E-state index is 12.7. The molecule has 36 heavy (non-hydrogen) atoms. The van der Waals surface area contributed by atoms with E-state index in [2.05, 4.69) is 20.3 Å². The van der Waals surface area contributed by atoms with Crippen LogP contribution in [0.3, 0.4) is 0 Å². The zero-order valence-corrected chi connectivity index (χ0v) is 22.8. The molecule has 2 aromatic heterocycles. The first-order chi connectivity index (χ1) is 17.3. The van der Waals surface area contributed by atoms with Crippen LogP contribution >= 0.6 is 27.4 Å². The number of hydrogen-bond donors (Lipinski definition) is 1. The maximum atomic E-state index is 12.7. The van der Waals surface area contributed by atoms with Gasteiger partial charge in [-0.3, -0.25) is 9.36 Å². The second-order valence-electron chi connectivity index (χ2n) is 8.91. The number of carbonyl (C=O) groups excluding carboxylic acids is 1. The second kappa shape index (κ2) is 9.63. The Balaban J connectivity index is 1.27. The van der Waals surface area contributed by atoms with Gasteiger partial charge < -0.3 is 24.1 Å². The Hall–Kier alpha value is -1.57. The Morgan fingerprint density at radius 3 is 2.72 bits per heavy atom. The number of hydrogen-bond acceptors (Lipinski definition) is 11. The monoisotopic (exact) mass is 565 g/mol. The van der Waals surface area contributed by atoms with Gasteiger partial charge in [-0.25, -0.2) is 15.0 Å². The van der Waals surface area contributed by atoms with Crippen LogP contribution in [-0.2, 0) is 30.5 Å². The third kappa shape index (κ3) is 4.71. The number of ether oxygens (including phenoxy) is 3. The third-order valence-corrected chi connectivity index (χ3v) is 15.9. The molecule has 0 radical (unpaired) electrons. The SMILES string of the molecule is CC1(C)O[C@@H]2[C@H](O1)[C@@H](COP1(=S)SCCS1)O[C@H]2n1cnc2c(NC(=O)c3ccccc3)ncnc21. The largest absolute Gasteiger partial charge is 0.347 e. The lowest BCUT2D eigenvalue weighted by Crippen LogP contribution is -2.32. The molecule has 5 heterocycles. The van der Waals surface area contributed by atoms with Crippen molar-refractivity contribution in [2.24, 2.45) is 0 Å². The molecule has 0 bridgehead atoms. The van der Waals surface area contributed by atoms with E-state index in [4.69, 9.17) is 30.5 Å². The van der Waals surface area contributed by atoms with E-state index in [1.165, 1.54) is 6.33 Å². The summed E-state index contributed by atoms with van der Waals surface area (Å²) < 4.78 is 24.9. The summed E-state index contributed by atoms with van der Waals surface area (Å²) >= 11 is 9.20. The van der Waals surface area contributed by atoms with Crippen LogP contribution in [0, 0.1) is 0 Å².